The zero-order valence-electron chi connectivity index (χ0n) is 16.3. The number of aliphatic imine (C=N–C) groups is 3. The van der Waals surface area contributed by atoms with Crippen LogP contribution in [-0.4, -0.2) is 25.4 Å². The standard InChI is InChI=1S/C23H22N4O/c1-6-11-26-20(7-2)23(25-4)27-22-16(3)12-19(14-21(22)28-5)18-10-8-9-17(13-18)15-24/h6-14H,2,4H2,1,3,5H3/b11-6-,26-20?,27-23?. The summed E-state index contributed by atoms with van der Waals surface area (Å²) in [4.78, 5) is 12.9. The van der Waals surface area contributed by atoms with Crippen LogP contribution in [0.1, 0.15) is 18.1 Å². The van der Waals surface area contributed by atoms with Crippen molar-refractivity contribution in [2.45, 2.75) is 13.8 Å². The van der Waals surface area contributed by atoms with Crippen LogP contribution < -0.4 is 4.74 Å². The number of aryl methyl sites for hydroxylation is 1. The number of rotatable bonds is 6. The monoisotopic (exact) mass is 370 g/mol. The van der Waals surface area contributed by atoms with Crippen molar-refractivity contribution in [3.05, 3.63) is 72.5 Å². The largest absolute Gasteiger partial charge is 0.494 e. The van der Waals surface area contributed by atoms with Gasteiger partial charge in [0.05, 0.1) is 18.7 Å². The third-order valence-corrected chi connectivity index (χ3v) is 3.96. The fraction of sp³-hybridized carbons (Fsp3) is 0.130. The maximum Gasteiger partial charge on any atom is 0.178 e. The van der Waals surface area contributed by atoms with E-state index in [-0.39, 0.29) is 0 Å². The number of nitrogens with zero attached hydrogens (tertiary/aromatic N) is 4. The predicted molar refractivity (Wildman–Crippen MR) is 117 cm³/mol. The molecule has 0 N–H and O–H groups in total. The molecule has 0 aliphatic heterocycles. The lowest BCUT2D eigenvalue weighted by molar-refractivity contribution is 0.416. The van der Waals surface area contributed by atoms with Crippen molar-refractivity contribution >= 4 is 24.0 Å². The smallest absolute Gasteiger partial charge is 0.178 e. The van der Waals surface area contributed by atoms with E-state index in [1.165, 1.54) is 0 Å². The maximum atomic E-state index is 9.14. The van der Waals surface area contributed by atoms with Crippen LogP contribution in [0.3, 0.4) is 0 Å². The molecule has 0 aliphatic carbocycles. The Hall–Kier alpha value is -3.78. The Morgan fingerprint density at radius 2 is 2.00 bits per heavy atom. The van der Waals surface area contributed by atoms with E-state index in [9.17, 15) is 0 Å². The fourth-order valence-electron chi connectivity index (χ4n) is 2.62. The van der Waals surface area contributed by atoms with Gasteiger partial charge in [-0.3, -0.25) is 4.99 Å². The molecule has 0 saturated carbocycles. The molecular formula is C23H22N4O. The van der Waals surface area contributed by atoms with E-state index in [4.69, 9.17) is 10.00 Å². The fourth-order valence-corrected chi connectivity index (χ4v) is 2.62. The summed E-state index contributed by atoms with van der Waals surface area (Å²) in [5, 5.41) is 9.14. The summed E-state index contributed by atoms with van der Waals surface area (Å²) in [7, 11) is 1.59. The molecule has 0 heterocycles. The number of amidine groups is 1. The number of hydrogen-bond acceptors (Lipinski definition) is 4. The van der Waals surface area contributed by atoms with Crippen molar-refractivity contribution in [2.75, 3.05) is 7.11 Å². The Morgan fingerprint density at radius 1 is 1.21 bits per heavy atom. The number of methoxy groups -OCH3 is 1. The van der Waals surface area contributed by atoms with Gasteiger partial charge in [0.15, 0.2) is 5.84 Å². The van der Waals surface area contributed by atoms with Gasteiger partial charge in [-0.25, -0.2) is 9.98 Å². The van der Waals surface area contributed by atoms with Gasteiger partial charge in [-0.2, -0.15) is 5.26 Å². The van der Waals surface area contributed by atoms with Gasteiger partial charge < -0.3 is 4.74 Å². The number of hydrogen-bond donors (Lipinski definition) is 0. The van der Waals surface area contributed by atoms with Crippen LogP contribution in [0.4, 0.5) is 5.69 Å². The van der Waals surface area contributed by atoms with Gasteiger partial charge in [0.1, 0.15) is 17.1 Å². The molecule has 0 bridgehead atoms. The van der Waals surface area contributed by atoms with Crippen LogP contribution in [0.25, 0.3) is 11.1 Å². The molecule has 2 aromatic rings. The third kappa shape index (κ3) is 4.68. The number of allylic oxidation sites excluding steroid dienone is 1. The van der Waals surface area contributed by atoms with Crippen LogP contribution in [0.5, 0.6) is 5.75 Å². The second-order valence-corrected chi connectivity index (χ2v) is 5.83. The molecule has 0 unspecified atom stereocenters. The van der Waals surface area contributed by atoms with E-state index in [1.54, 1.807) is 31.5 Å². The molecule has 0 aromatic heterocycles. The molecule has 0 saturated heterocycles. The zero-order valence-corrected chi connectivity index (χ0v) is 16.3. The molecule has 28 heavy (non-hydrogen) atoms. The van der Waals surface area contributed by atoms with Gasteiger partial charge in [0.2, 0.25) is 0 Å². The molecule has 0 atom stereocenters. The Morgan fingerprint density at radius 3 is 2.61 bits per heavy atom. The van der Waals surface area contributed by atoms with E-state index in [0.717, 1.165) is 16.7 Å². The van der Waals surface area contributed by atoms with Gasteiger partial charge >= 0.3 is 0 Å². The van der Waals surface area contributed by atoms with E-state index < -0.39 is 0 Å². The second kappa shape index (κ2) is 9.79. The Kier molecular flexibility index (Phi) is 7.18. The highest BCUT2D eigenvalue weighted by molar-refractivity contribution is 6.47. The molecule has 0 spiro atoms. The summed E-state index contributed by atoms with van der Waals surface area (Å²) in [5.74, 6) is 0.946. The van der Waals surface area contributed by atoms with Gasteiger partial charge in [-0.1, -0.05) is 24.8 Å². The molecule has 0 fully saturated rings. The lowest BCUT2D eigenvalue weighted by Gasteiger charge is -2.12. The molecule has 0 radical (unpaired) electrons. The van der Waals surface area contributed by atoms with Crippen molar-refractivity contribution in [1.82, 2.24) is 0 Å². The van der Waals surface area contributed by atoms with Crippen molar-refractivity contribution in [1.29, 1.82) is 5.26 Å². The summed E-state index contributed by atoms with van der Waals surface area (Å²) in [5.41, 5.74) is 4.52. The van der Waals surface area contributed by atoms with Crippen LogP contribution >= 0.6 is 0 Å². The normalized spacial score (nSPS) is 11.9. The molecular weight excluding hydrogens is 348 g/mol. The molecule has 5 nitrogen and oxygen atoms in total. The quantitative estimate of drug-likeness (QED) is 0.502. The van der Waals surface area contributed by atoms with E-state index in [1.807, 2.05) is 44.2 Å². The van der Waals surface area contributed by atoms with Gasteiger partial charge in [-0.05, 0) is 67.6 Å². The van der Waals surface area contributed by atoms with Crippen LogP contribution in [0.15, 0.2) is 76.3 Å². The van der Waals surface area contributed by atoms with Gasteiger partial charge in [0.25, 0.3) is 0 Å². The molecule has 0 amide bonds. The first-order chi connectivity index (χ1) is 13.6. The summed E-state index contributed by atoms with van der Waals surface area (Å²) >= 11 is 0. The highest BCUT2D eigenvalue weighted by atomic mass is 16.5. The maximum absolute atomic E-state index is 9.14. The highest BCUT2D eigenvalue weighted by Crippen LogP contribution is 2.36. The average Bonchev–Trinajstić information content (AvgIpc) is 2.73. The van der Waals surface area contributed by atoms with Crippen molar-refractivity contribution in [2.24, 2.45) is 15.0 Å². The minimum absolute atomic E-state index is 0.355. The average molecular weight is 370 g/mol. The number of ether oxygens (including phenoxy) is 1. The van der Waals surface area contributed by atoms with Crippen molar-refractivity contribution in [3.8, 4) is 22.9 Å². The topological polar surface area (TPSA) is 70.1 Å². The first kappa shape index (κ1) is 20.5. The van der Waals surface area contributed by atoms with Gasteiger partial charge in [0, 0.05) is 6.20 Å². The molecule has 2 rings (SSSR count). The predicted octanol–water partition coefficient (Wildman–Crippen LogP) is 5.43. The zero-order chi connectivity index (χ0) is 20.5. The molecule has 2 aromatic carbocycles. The van der Waals surface area contributed by atoms with Crippen molar-refractivity contribution in [3.63, 3.8) is 0 Å². The summed E-state index contributed by atoms with van der Waals surface area (Å²) in [6.07, 6.45) is 5.03. The van der Waals surface area contributed by atoms with Crippen LogP contribution in [-0.2, 0) is 0 Å². The number of nitriles is 1. The van der Waals surface area contributed by atoms with E-state index in [2.05, 4.69) is 34.3 Å². The van der Waals surface area contributed by atoms with E-state index >= 15 is 0 Å². The first-order valence-corrected chi connectivity index (χ1v) is 8.64. The van der Waals surface area contributed by atoms with Crippen LogP contribution in [0, 0.1) is 18.3 Å². The minimum Gasteiger partial charge on any atom is -0.494 e. The molecule has 5 heteroatoms. The first-order valence-electron chi connectivity index (χ1n) is 8.64. The van der Waals surface area contributed by atoms with Crippen molar-refractivity contribution < 1.29 is 4.74 Å². The Labute approximate surface area is 165 Å². The Bertz CT molecular complexity index is 1020. The number of benzene rings is 2. The molecule has 140 valence electrons. The summed E-state index contributed by atoms with van der Waals surface area (Å²) < 4.78 is 5.57. The van der Waals surface area contributed by atoms with E-state index in [0.29, 0.717) is 28.5 Å². The SMILES string of the molecule is C=CC(=N/C=C\C)C(N=C)=Nc1c(C)cc(-c2cccc(C#N)c2)cc1OC. The lowest BCUT2D eigenvalue weighted by Crippen LogP contribution is -2.08. The summed E-state index contributed by atoms with van der Waals surface area (Å²) in [6, 6.07) is 13.5. The summed E-state index contributed by atoms with van der Waals surface area (Å²) in [6.45, 7) is 11.2. The van der Waals surface area contributed by atoms with Crippen LogP contribution in [0.2, 0.25) is 0 Å². The lowest BCUT2D eigenvalue weighted by atomic mass is 10.00. The minimum atomic E-state index is 0.355. The van der Waals surface area contributed by atoms with Gasteiger partial charge in [-0.15, -0.1) is 0 Å². The second-order valence-electron chi connectivity index (χ2n) is 5.83. The third-order valence-electron chi connectivity index (χ3n) is 3.96. The molecule has 0 aliphatic rings. The Balaban J connectivity index is 2.61. The highest BCUT2D eigenvalue weighted by Gasteiger charge is 2.12.